The molecule has 0 saturated heterocycles. The molecule has 0 aliphatic heterocycles. The molecule has 0 atom stereocenters. The third kappa shape index (κ3) is 4.99. The molecule has 0 spiro atoms. The van der Waals surface area contributed by atoms with E-state index < -0.39 is 0 Å². The minimum Gasteiger partial charge on any atom is -0.351 e. The highest BCUT2D eigenvalue weighted by atomic mass is 79.9. The van der Waals surface area contributed by atoms with Crippen LogP contribution in [-0.4, -0.2) is 21.2 Å². The zero-order valence-corrected chi connectivity index (χ0v) is 17.4. The van der Waals surface area contributed by atoms with Crippen molar-refractivity contribution in [1.82, 2.24) is 14.9 Å². The van der Waals surface area contributed by atoms with Gasteiger partial charge in [0.15, 0.2) is 0 Å². The summed E-state index contributed by atoms with van der Waals surface area (Å²) in [5, 5.41) is 2.84. The van der Waals surface area contributed by atoms with E-state index in [1.54, 1.807) is 23.0 Å². The van der Waals surface area contributed by atoms with Crippen LogP contribution in [0.5, 0.6) is 0 Å². The molecule has 0 bridgehead atoms. The molecule has 1 amide bonds. The Morgan fingerprint density at radius 1 is 1.26 bits per heavy atom. The van der Waals surface area contributed by atoms with Gasteiger partial charge in [0, 0.05) is 28.3 Å². The van der Waals surface area contributed by atoms with E-state index in [4.69, 9.17) is 0 Å². The zero-order valence-electron chi connectivity index (χ0n) is 15.0. The molecule has 0 fully saturated rings. The molecule has 3 rings (SSSR count). The molecule has 0 radical (unpaired) electrons. The summed E-state index contributed by atoms with van der Waals surface area (Å²) in [6.07, 6.45) is 3.35. The second kappa shape index (κ2) is 8.71. The summed E-state index contributed by atoms with van der Waals surface area (Å²) < 4.78 is 17.1. The predicted molar refractivity (Wildman–Crippen MR) is 110 cm³/mol. The van der Waals surface area contributed by atoms with Gasteiger partial charge in [0.25, 0.3) is 0 Å². The highest BCUT2D eigenvalue weighted by Gasteiger charge is 2.09. The van der Waals surface area contributed by atoms with E-state index in [0.717, 1.165) is 20.8 Å². The van der Waals surface area contributed by atoms with Crippen molar-refractivity contribution in [3.05, 3.63) is 76.0 Å². The largest absolute Gasteiger partial charge is 0.351 e. The quantitative estimate of drug-likeness (QED) is 0.552. The molecule has 4 nitrogen and oxygen atoms in total. The lowest BCUT2D eigenvalue weighted by atomic mass is 10.2. The van der Waals surface area contributed by atoms with Crippen LogP contribution in [0.4, 0.5) is 4.39 Å². The molecule has 7 heteroatoms. The second-order valence-corrected chi connectivity index (χ2v) is 8.04. The van der Waals surface area contributed by atoms with Gasteiger partial charge in [-0.3, -0.25) is 4.79 Å². The Balaban J connectivity index is 1.56. The minimum atomic E-state index is -0.345. The van der Waals surface area contributed by atoms with Crippen molar-refractivity contribution in [3.63, 3.8) is 0 Å². The first-order valence-corrected chi connectivity index (χ1v) is 10.2. The van der Waals surface area contributed by atoms with Crippen molar-refractivity contribution in [2.75, 3.05) is 5.75 Å². The SMILES string of the molecule is Cc1cc(Br)ccc1SCC(=O)NCc1ccc(-n2ccnc2C)c(F)c1. The van der Waals surface area contributed by atoms with Crippen LogP contribution in [0.25, 0.3) is 5.69 Å². The number of hydrogen-bond acceptors (Lipinski definition) is 3. The van der Waals surface area contributed by atoms with Crippen molar-refractivity contribution >= 4 is 33.6 Å². The molecule has 0 saturated carbocycles. The zero-order chi connectivity index (χ0) is 19.4. The fraction of sp³-hybridized carbons (Fsp3) is 0.200. The van der Waals surface area contributed by atoms with Gasteiger partial charge in [-0.1, -0.05) is 22.0 Å². The van der Waals surface area contributed by atoms with E-state index in [1.165, 1.54) is 17.8 Å². The summed E-state index contributed by atoms with van der Waals surface area (Å²) in [5.41, 5.74) is 2.28. The van der Waals surface area contributed by atoms with Gasteiger partial charge in [-0.15, -0.1) is 11.8 Å². The van der Waals surface area contributed by atoms with Gasteiger partial charge in [-0.25, -0.2) is 9.37 Å². The number of benzene rings is 2. The second-order valence-electron chi connectivity index (χ2n) is 6.11. The number of hydrogen-bond donors (Lipinski definition) is 1. The topological polar surface area (TPSA) is 46.9 Å². The lowest BCUT2D eigenvalue weighted by Crippen LogP contribution is -2.24. The maximum atomic E-state index is 14.4. The Hall–Kier alpha value is -2.12. The van der Waals surface area contributed by atoms with Crippen LogP contribution in [0.1, 0.15) is 17.0 Å². The van der Waals surface area contributed by atoms with E-state index >= 15 is 0 Å². The summed E-state index contributed by atoms with van der Waals surface area (Å²) in [5.74, 6) is 0.604. The van der Waals surface area contributed by atoms with Gasteiger partial charge in [-0.2, -0.15) is 0 Å². The minimum absolute atomic E-state index is 0.0859. The van der Waals surface area contributed by atoms with Gasteiger partial charge < -0.3 is 9.88 Å². The van der Waals surface area contributed by atoms with Crippen LogP contribution in [0.2, 0.25) is 0 Å². The van der Waals surface area contributed by atoms with E-state index in [1.807, 2.05) is 38.1 Å². The van der Waals surface area contributed by atoms with Crippen molar-refractivity contribution in [2.45, 2.75) is 25.3 Å². The maximum absolute atomic E-state index is 14.4. The number of carbonyl (C=O) groups is 1. The van der Waals surface area contributed by atoms with Crippen molar-refractivity contribution in [1.29, 1.82) is 0 Å². The number of thioether (sulfide) groups is 1. The third-order valence-electron chi connectivity index (χ3n) is 4.08. The van der Waals surface area contributed by atoms with Gasteiger partial charge in [-0.05, 0) is 55.3 Å². The van der Waals surface area contributed by atoms with Crippen LogP contribution >= 0.6 is 27.7 Å². The summed E-state index contributed by atoms with van der Waals surface area (Å²) in [6.45, 7) is 4.12. The highest BCUT2D eigenvalue weighted by Crippen LogP contribution is 2.25. The van der Waals surface area contributed by atoms with Gasteiger partial charge in [0.05, 0.1) is 11.4 Å². The van der Waals surface area contributed by atoms with Crippen molar-refractivity contribution in [2.24, 2.45) is 0 Å². The summed E-state index contributed by atoms with van der Waals surface area (Å²) in [7, 11) is 0. The van der Waals surface area contributed by atoms with E-state index in [-0.39, 0.29) is 11.7 Å². The van der Waals surface area contributed by atoms with E-state index in [0.29, 0.717) is 23.5 Å². The molecule has 1 aromatic heterocycles. The lowest BCUT2D eigenvalue weighted by Gasteiger charge is -2.10. The normalized spacial score (nSPS) is 10.8. The Kier molecular flexibility index (Phi) is 6.34. The van der Waals surface area contributed by atoms with Gasteiger partial charge in [0.2, 0.25) is 5.91 Å². The average molecular weight is 448 g/mol. The predicted octanol–water partition coefficient (Wildman–Crippen LogP) is 4.80. The van der Waals surface area contributed by atoms with Crippen LogP contribution in [0, 0.1) is 19.7 Å². The summed E-state index contributed by atoms with van der Waals surface area (Å²) >= 11 is 4.92. The molecular formula is C20H19BrFN3OS. The van der Waals surface area contributed by atoms with Crippen molar-refractivity contribution < 1.29 is 9.18 Å². The monoisotopic (exact) mass is 447 g/mol. The molecule has 0 unspecified atom stereocenters. The molecule has 3 aromatic rings. The molecule has 140 valence electrons. The molecule has 1 heterocycles. The molecular weight excluding hydrogens is 429 g/mol. The number of amides is 1. The first-order valence-electron chi connectivity index (χ1n) is 8.38. The fourth-order valence-corrected chi connectivity index (χ4v) is 3.97. The standard InChI is InChI=1S/C20H19BrFN3OS/c1-13-9-16(21)4-6-19(13)27-12-20(26)24-11-15-3-5-18(17(22)10-15)25-8-7-23-14(25)2/h3-10H,11-12H2,1-2H3,(H,24,26). The van der Waals surface area contributed by atoms with Crippen LogP contribution < -0.4 is 5.32 Å². The molecule has 0 aliphatic carbocycles. The maximum Gasteiger partial charge on any atom is 0.230 e. The number of carbonyl (C=O) groups excluding carboxylic acids is 1. The summed E-state index contributed by atoms with van der Waals surface area (Å²) in [6, 6.07) is 10.9. The number of imidazole rings is 1. The number of aromatic nitrogens is 2. The molecule has 2 aromatic carbocycles. The number of nitrogens with one attached hydrogen (secondary N) is 1. The van der Waals surface area contributed by atoms with Crippen LogP contribution in [-0.2, 0) is 11.3 Å². The number of rotatable bonds is 6. The highest BCUT2D eigenvalue weighted by molar-refractivity contribution is 9.10. The smallest absolute Gasteiger partial charge is 0.230 e. The third-order valence-corrected chi connectivity index (χ3v) is 5.75. The van der Waals surface area contributed by atoms with Crippen LogP contribution in [0.3, 0.4) is 0 Å². The first kappa shape index (κ1) is 19.6. The fourth-order valence-electron chi connectivity index (χ4n) is 2.66. The molecule has 1 N–H and O–H groups in total. The number of halogens is 2. The Labute approximate surface area is 170 Å². The first-order chi connectivity index (χ1) is 12.9. The van der Waals surface area contributed by atoms with E-state index in [2.05, 4.69) is 26.2 Å². The Bertz CT molecular complexity index is 974. The number of aryl methyl sites for hydroxylation is 2. The van der Waals surface area contributed by atoms with Gasteiger partial charge in [0.1, 0.15) is 11.6 Å². The Morgan fingerprint density at radius 3 is 2.74 bits per heavy atom. The summed E-state index contributed by atoms with van der Waals surface area (Å²) in [4.78, 5) is 17.3. The lowest BCUT2D eigenvalue weighted by molar-refractivity contribution is -0.118. The Morgan fingerprint density at radius 2 is 2.07 bits per heavy atom. The number of nitrogens with zero attached hydrogens (tertiary/aromatic N) is 2. The average Bonchev–Trinajstić information content (AvgIpc) is 3.05. The van der Waals surface area contributed by atoms with Gasteiger partial charge >= 0.3 is 0 Å². The van der Waals surface area contributed by atoms with E-state index in [9.17, 15) is 9.18 Å². The van der Waals surface area contributed by atoms with Crippen LogP contribution in [0.15, 0.2) is 58.2 Å². The molecule has 0 aliphatic rings. The molecule has 27 heavy (non-hydrogen) atoms. The van der Waals surface area contributed by atoms with Crippen molar-refractivity contribution in [3.8, 4) is 5.69 Å².